The van der Waals surface area contributed by atoms with E-state index in [-0.39, 0.29) is 0 Å². The molecular weight excluding hydrogens is 356 g/mol. The lowest BCUT2D eigenvalue weighted by Crippen LogP contribution is -2.12. The van der Waals surface area contributed by atoms with E-state index in [4.69, 9.17) is 14.2 Å². The number of nitrogens with zero attached hydrogens (tertiary/aromatic N) is 2. The van der Waals surface area contributed by atoms with Crippen LogP contribution in [0.25, 0.3) is 0 Å². The molecule has 7 heteroatoms. The first-order valence-electron chi connectivity index (χ1n) is 9.09. The maximum Gasteiger partial charge on any atom is 0.135 e. The van der Waals surface area contributed by atoms with E-state index in [9.17, 15) is 0 Å². The van der Waals surface area contributed by atoms with Crippen LogP contribution in [0.5, 0.6) is 17.2 Å². The van der Waals surface area contributed by atoms with Crippen molar-refractivity contribution in [3.8, 4) is 17.2 Å². The second kappa shape index (κ2) is 10.0. The van der Waals surface area contributed by atoms with Gasteiger partial charge in [0.05, 0.1) is 20.3 Å². The van der Waals surface area contributed by atoms with E-state index in [2.05, 4.69) is 20.6 Å². The molecule has 1 aromatic heterocycles. The van der Waals surface area contributed by atoms with Crippen molar-refractivity contribution in [1.29, 1.82) is 0 Å². The van der Waals surface area contributed by atoms with E-state index in [1.807, 2.05) is 61.5 Å². The molecule has 2 aromatic carbocycles. The van der Waals surface area contributed by atoms with Gasteiger partial charge in [0.25, 0.3) is 0 Å². The number of anilines is 3. The summed E-state index contributed by atoms with van der Waals surface area (Å²) in [6.07, 6.45) is 1.52. The van der Waals surface area contributed by atoms with Crippen LogP contribution in [0.2, 0.25) is 0 Å². The van der Waals surface area contributed by atoms with Crippen LogP contribution >= 0.6 is 0 Å². The fourth-order valence-corrected chi connectivity index (χ4v) is 2.49. The number of rotatable bonds is 10. The van der Waals surface area contributed by atoms with E-state index in [0.717, 1.165) is 28.8 Å². The van der Waals surface area contributed by atoms with Gasteiger partial charge < -0.3 is 24.8 Å². The summed E-state index contributed by atoms with van der Waals surface area (Å²) in [6.45, 7) is 3.74. The van der Waals surface area contributed by atoms with Crippen LogP contribution in [0, 0.1) is 0 Å². The summed E-state index contributed by atoms with van der Waals surface area (Å²) in [5.41, 5.74) is 0.927. The lowest BCUT2D eigenvalue weighted by Gasteiger charge is -2.10. The minimum absolute atomic E-state index is 0.512. The Kier molecular flexibility index (Phi) is 6.89. The molecule has 3 aromatic rings. The topological polar surface area (TPSA) is 77.5 Å². The molecule has 0 aliphatic heterocycles. The molecule has 0 fully saturated rings. The first-order chi connectivity index (χ1) is 13.8. The third-order valence-corrected chi connectivity index (χ3v) is 3.84. The Hall–Kier alpha value is -3.48. The lowest BCUT2D eigenvalue weighted by molar-refractivity contribution is 0.331. The normalized spacial score (nSPS) is 10.2. The molecule has 0 aliphatic carbocycles. The number of ether oxygens (including phenoxy) is 3. The summed E-state index contributed by atoms with van der Waals surface area (Å²) in [6, 6.07) is 17.1. The molecular formula is C21H24N4O3. The van der Waals surface area contributed by atoms with E-state index in [0.29, 0.717) is 25.6 Å². The van der Waals surface area contributed by atoms with Gasteiger partial charge in [-0.1, -0.05) is 0 Å². The molecule has 146 valence electrons. The van der Waals surface area contributed by atoms with Gasteiger partial charge in [-0.15, -0.1) is 0 Å². The monoisotopic (exact) mass is 380 g/mol. The van der Waals surface area contributed by atoms with Crippen LogP contribution in [0.3, 0.4) is 0 Å². The van der Waals surface area contributed by atoms with Crippen molar-refractivity contribution in [2.75, 3.05) is 37.5 Å². The summed E-state index contributed by atoms with van der Waals surface area (Å²) in [5, 5.41) is 6.48. The van der Waals surface area contributed by atoms with Gasteiger partial charge >= 0.3 is 0 Å². The van der Waals surface area contributed by atoms with Gasteiger partial charge in [-0.25, -0.2) is 9.97 Å². The van der Waals surface area contributed by atoms with Gasteiger partial charge in [0.1, 0.15) is 41.8 Å². The number of nitrogens with one attached hydrogen (secondary N) is 2. The molecule has 7 nitrogen and oxygen atoms in total. The van der Waals surface area contributed by atoms with Crippen molar-refractivity contribution in [3.63, 3.8) is 0 Å². The Bertz CT molecular complexity index is 854. The predicted octanol–water partition coefficient (Wildman–Crippen LogP) is 4.12. The largest absolute Gasteiger partial charge is 0.497 e. The Labute approximate surface area is 164 Å². The molecule has 3 rings (SSSR count). The van der Waals surface area contributed by atoms with E-state index in [1.54, 1.807) is 7.11 Å². The Morgan fingerprint density at radius 3 is 2.18 bits per heavy atom. The van der Waals surface area contributed by atoms with Gasteiger partial charge in [0.2, 0.25) is 0 Å². The summed E-state index contributed by atoms with van der Waals surface area (Å²) >= 11 is 0. The first-order valence-corrected chi connectivity index (χ1v) is 9.09. The number of aromatic nitrogens is 2. The maximum atomic E-state index is 5.70. The van der Waals surface area contributed by atoms with Crippen LogP contribution in [-0.2, 0) is 0 Å². The second-order valence-corrected chi connectivity index (χ2v) is 5.82. The Morgan fingerprint density at radius 2 is 1.46 bits per heavy atom. The maximum absolute atomic E-state index is 5.70. The third kappa shape index (κ3) is 5.77. The van der Waals surface area contributed by atoms with Crippen molar-refractivity contribution in [2.45, 2.75) is 6.92 Å². The summed E-state index contributed by atoms with van der Waals surface area (Å²) in [7, 11) is 1.64. The van der Waals surface area contributed by atoms with Gasteiger partial charge in [0.15, 0.2) is 0 Å². The molecule has 0 aliphatic rings. The van der Waals surface area contributed by atoms with Crippen molar-refractivity contribution >= 4 is 17.3 Å². The first kappa shape index (κ1) is 19.3. The van der Waals surface area contributed by atoms with E-state index >= 15 is 0 Å². The van der Waals surface area contributed by atoms with Crippen molar-refractivity contribution in [1.82, 2.24) is 9.97 Å². The molecule has 0 saturated heterocycles. The van der Waals surface area contributed by atoms with Crippen LogP contribution < -0.4 is 24.8 Å². The number of methoxy groups -OCH3 is 1. The molecule has 2 N–H and O–H groups in total. The van der Waals surface area contributed by atoms with E-state index < -0.39 is 0 Å². The average Bonchev–Trinajstić information content (AvgIpc) is 2.74. The van der Waals surface area contributed by atoms with Crippen LogP contribution in [0.4, 0.5) is 17.3 Å². The highest BCUT2D eigenvalue weighted by molar-refractivity contribution is 5.59. The standard InChI is InChI=1S/C21H24N4O3/c1-3-27-18-6-4-16(5-7-18)25-21-14-20(23-15-24-21)22-12-13-28-19-10-8-17(26-2)9-11-19/h4-11,14-15H,3,12-13H2,1-2H3,(H2,22,23,24,25). The Balaban J connectivity index is 1.47. The van der Waals surface area contributed by atoms with Crippen LogP contribution in [0.15, 0.2) is 60.9 Å². The van der Waals surface area contributed by atoms with Crippen LogP contribution in [0.1, 0.15) is 6.92 Å². The smallest absolute Gasteiger partial charge is 0.135 e. The highest BCUT2D eigenvalue weighted by atomic mass is 16.5. The predicted molar refractivity (Wildman–Crippen MR) is 110 cm³/mol. The molecule has 0 bridgehead atoms. The SMILES string of the molecule is CCOc1ccc(Nc2cc(NCCOc3ccc(OC)cc3)ncn2)cc1. The molecule has 0 saturated carbocycles. The summed E-state index contributed by atoms with van der Waals surface area (Å²) in [5.74, 6) is 3.87. The van der Waals surface area contributed by atoms with Crippen molar-refractivity contribution < 1.29 is 14.2 Å². The zero-order valence-corrected chi connectivity index (χ0v) is 16.0. The molecule has 0 radical (unpaired) electrons. The van der Waals surface area contributed by atoms with E-state index in [1.165, 1.54) is 6.33 Å². The van der Waals surface area contributed by atoms with Gasteiger partial charge in [-0.3, -0.25) is 0 Å². The van der Waals surface area contributed by atoms with Gasteiger partial charge in [-0.05, 0) is 55.5 Å². The summed E-state index contributed by atoms with van der Waals surface area (Å²) < 4.78 is 16.3. The molecule has 0 amide bonds. The number of benzene rings is 2. The molecule has 1 heterocycles. The van der Waals surface area contributed by atoms with Crippen LogP contribution in [-0.4, -0.2) is 36.8 Å². The minimum Gasteiger partial charge on any atom is -0.497 e. The average molecular weight is 380 g/mol. The third-order valence-electron chi connectivity index (χ3n) is 3.84. The van der Waals surface area contributed by atoms with Gasteiger partial charge in [-0.2, -0.15) is 0 Å². The molecule has 0 spiro atoms. The van der Waals surface area contributed by atoms with Crippen molar-refractivity contribution in [3.05, 3.63) is 60.9 Å². The second-order valence-electron chi connectivity index (χ2n) is 5.82. The highest BCUT2D eigenvalue weighted by Crippen LogP contribution is 2.20. The fourth-order valence-electron chi connectivity index (χ4n) is 2.49. The molecule has 0 unspecified atom stereocenters. The Morgan fingerprint density at radius 1 is 0.821 bits per heavy atom. The van der Waals surface area contributed by atoms with Crippen molar-refractivity contribution in [2.24, 2.45) is 0 Å². The zero-order valence-electron chi connectivity index (χ0n) is 16.0. The number of hydrogen-bond donors (Lipinski definition) is 2. The minimum atomic E-state index is 0.512. The van der Waals surface area contributed by atoms with Gasteiger partial charge in [0, 0.05) is 11.8 Å². The summed E-state index contributed by atoms with van der Waals surface area (Å²) in [4.78, 5) is 8.48. The number of hydrogen-bond acceptors (Lipinski definition) is 7. The lowest BCUT2D eigenvalue weighted by atomic mass is 10.3. The molecule has 0 atom stereocenters. The molecule has 28 heavy (non-hydrogen) atoms. The fraction of sp³-hybridized carbons (Fsp3) is 0.238. The zero-order chi connectivity index (χ0) is 19.6. The highest BCUT2D eigenvalue weighted by Gasteiger charge is 2.01. The quantitative estimate of drug-likeness (QED) is 0.512.